The van der Waals surface area contributed by atoms with Crippen LogP contribution in [0.4, 0.5) is 0 Å². The maximum Gasteiger partial charge on any atom is 0.325 e. The number of carboxylic acids is 1. The number of likely N-dealkylation sites (N-methyl/N-ethyl adjacent to an activating group) is 1. The molecule has 0 aromatic heterocycles. The first kappa shape index (κ1) is 21.8. The maximum absolute atomic E-state index is 12.4. The quantitative estimate of drug-likeness (QED) is 0.419. The molecule has 0 bridgehead atoms. The fraction of sp³-hybridized carbons (Fsp3) is 0.733. The second-order valence-electron chi connectivity index (χ2n) is 6.15. The first-order chi connectivity index (χ1) is 11.0. The lowest BCUT2D eigenvalue weighted by Crippen LogP contribution is -2.55. The predicted molar refractivity (Wildman–Crippen MR) is 87.9 cm³/mol. The van der Waals surface area contributed by atoms with Gasteiger partial charge in [0, 0.05) is 7.05 Å². The van der Waals surface area contributed by atoms with E-state index in [0.29, 0.717) is 6.42 Å². The number of hydrogen-bond acceptors (Lipinski definition) is 5. The Bertz CT molecular complexity index is 480. The van der Waals surface area contributed by atoms with E-state index in [9.17, 15) is 19.2 Å². The summed E-state index contributed by atoms with van der Waals surface area (Å²) in [4.78, 5) is 48.1. The summed E-state index contributed by atoms with van der Waals surface area (Å²) in [5.74, 6) is -2.52. The summed E-state index contributed by atoms with van der Waals surface area (Å²) in [7, 11) is 1.49. The van der Waals surface area contributed by atoms with Crippen molar-refractivity contribution in [3.63, 3.8) is 0 Å². The molecule has 0 aromatic carbocycles. The largest absolute Gasteiger partial charge is 0.480 e. The Morgan fingerprint density at radius 3 is 1.92 bits per heavy atom. The van der Waals surface area contributed by atoms with Crippen molar-refractivity contribution < 1.29 is 24.3 Å². The van der Waals surface area contributed by atoms with Gasteiger partial charge < -0.3 is 26.4 Å². The monoisotopic (exact) mass is 344 g/mol. The van der Waals surface area contributed by atoms with Crippen LogP contribution in [0.2, 0.25) is 0 Å². The van der Waals surface area contributed by atoms with Crippen LogP contribution in [0.25, 0.3) is 0 Å². The highest BCUT2D eigenvalue weighted by Crippen LogP contribution is 2.11. The third kappa shape index (κ3) is 6.95. The van der Waals surface area contributed by atoms with Crippen LogP contribution in [0, 0.1) is 5.92 Å². The molecule has 0 spiro atoms. The molecule has 0 fully saturated rings. The SMILES string of the molecule is CC(C)C[C@@H](C(=O)N[C@@H](C)C(=O)N[C@@H](C)C(=O)O)N(C)C(=O)CN. The predicted octanol–water partition coefficient (Wildman–Crippen LogP) is -1.09. The molecule has 0 aromatic rings. The Morgan fingerprint density at radius 2 is 1.50 bits per heavy atom. The van der Waals surface area contributed by atoms with Gasteiger partial charge in [-0.05, 0) is 26.2 Å². The zero-order valence-corrected chi connectivity index (χ0v) is 14.8. The van der Waals surface area contributed by atoms with Gasteiger partial charge in [-0.3, -0.25) is 19.2 Å². The molecular formula is C15H28N4O5. The topological polar surface area (TPSA) is 142 Å². The standard InChI is InChI=1S/C15H28N4O5/c1-8(2)6-11(19(5)12(20)7-16)14(22)17-9(3)13(21)18-10(4)15(23)24/h8-11H,6-7,16H2,1-5H3,(H,17,22)(H,18,21)(H,23,24)/t9-,10-,11-/m0/s1. The summed E-state index contributed by atoms with van der Waals surface area (Å²) in [6, 6.07) is -2.76. The Balaban J connectivity index is 4.94. The lowest BCUT2D eigenvalue weighted by molar-refractivity contribution is -0.142. The van der Waals surface area contributed by atoms with E-state index in [2.05, 4.69) is 10.6 Å². The molecule has 9 nitrogen and oxygen atoms in total. The lowest BCUT2D eigenvalue weighted by Gasteiger charge is -2.29. The van der Waals surface area contributed by atoms with Gasteiger partial charge in [-0.15, -0.1) is 0 Å². The van der Waals surface area contributed by atoms with Crippen LogP contribution < -0.4 is 16.4 Å². The van der Waals surface area contributed by atoms with Gasteiger partial charge in [0.05, 0.1) is 6.54 Å². The number of carbonyl (C=O) groups excluding carboxylic acids is 3. The van der Waals surface area contributed by atoms with Crippen LogP contribution in [-0.4, -0.2) is 65.4 Å². The van der Waals surface area contributed by atoms with E-state index in [1.165, 1.54) is 25.8 Å². The first-order valence-electron chi connectivity index (χ1n) is 7.80. The summed E-state index contributed by atoms with van der Waals surface area (Å²) >= 11 is 0. The van der Waals surface area contributed by atoms with E-state index in [0.717, 1.165) is 0 Å². The zero-order chi connectivity index (χ0) is 19.0. The number of carbonyl (C=O) groups is 4. The van der Waals surface area contributed by atoms with Gasteiger partial charge in [-0.2, -0.15) is 0 Å². The Morgan fingerprint density at radius 1 is 1.00 bits per heavy atom. The van der Waals surface area contributed by atoms with Gasteiger partial charge in [0.15, 0.2) is 0 Å². The fourth-order valence-corrected chi connectivity index (χ4v) is 1.98. The van der Waals surface area contributed by atoms with Crippen LogP contribution in [0.15, 0.2) is 0 Å². The minimum absolute atomic E-state index is 0.143. The van der Waals surface area contributed by atoms with Crippen molar-refractivity contribution in [1.29, 1.82) is 0 Å². The number of aliphatic carboxylic acids is 1. The number of carboxylic acid groups (broad SMARTS) is 1. The van der Waals surface area contributed by atoms with Crippen molar-refractivity contribution in [1.82, 2.24) is 15.5 Å². The molecule has 0 saturated carbocycles. The molecule has 0 radical (unpaired) electrons. The molecule has 3 amide bonds. The smallest absolute Gasteiger partial charge is 0.325 e. The molecule has 9 heteroatoms. The molecule has 0 rings (SSSR count). The number of amides is 3. The molecule has 24 heavy (non-hydrogen) atoms. The fourth-order valence-electron chi connectivity index (χ4n) is 1.98. The van der Waals surface area contributed by atoms with Crippen molar-refractivity contribution in [2.45, 2.75) is 52.2 Å². The van der Waals surface area contributed by atoms with Crippen LogP contribution >= 0.6 is 0 Å². The third-order valence-corrected chi connectivity index (χ3v) is 3.51. The van der Waals surface area contributed by atoms with Gasteiger partial charge in [-0.1, -0.05) is 13.8 Å². The van der Waals surface area contributed by atoms with E-state index in [1.54, 1.807) is 0 Å². The molecule has 0 aliphatic carbocycles. The Kier molecular flexibility index (Phi) is 8.97. The van der Waals surface area contributed by atoms with Crippen molar-refractivity contribution in [2.75, 3.05) is 13.6 Å². The van der Waals surface area contributed by atoms with Crippen LogP contribution in [0.3, 0.4) is 0 Å². The minimum atomic E-state index is -1.17. The van der Waals surface area contributed by atoms with Gasteiger partial charge in [0.1, 0.15) is 18.1 Å². The van der Waals surface area contributed by atoms with E-state index in [1.807, 2.05) is 13.8 Å². The average Bonchev–Trinajstić information content (AvgIpc) is 2.50. The molecule has 0 aliphatic heterocycles. The highest BCUT2D eigenvalue weighted by molar-refractivity contribution is 5.93. The highest BCUT2D eigenvalue weighted by atomic mass is 16.4. The summed E-state index contributed by atoms with van der Waals surface area (Å²) in [5, 5.41) is 13.6. The van der Waals surface area contributed by atoms with E-state index in [-0.39, 0.29) is 18.4 Å². The second-order valence-corrected chi connectivity index (χ2v) is 6.15. The van der Waals surface area contributed by atoms with Crippen molar-refractivity contribution >= 4 is 23.7 Å². The number of nitrogens with two attached hydrogens (primary N) is 1. The van der Waals surface area contributed by atoms with Gasteiger partial charge in [0.2, 0.25) is 17.7 Å². The zero-order valence-electron chi connectivity index (χ0n) is 14.8. The highest BCUT2D eigenvalue weighted by Gasteiger charge is 2.29. The normalized spacial score (nSPS) is 14.5. The van der Waals surface area contributed by atoms with Crippen LogP contribution in [0.5, 0.6) is 0 Å². The molecule has 0 aliphatic rings. The molecule has 5 N–H and O–H groups in total. The average molecular weight is 344 g/mol. The summed E-state index contributed by atoms with van der Waals surface area (Å²) < 4.78 is 0. The maximum atomic E-state index is 12.4. The van der Waals surface area contributed by atoms with Gasteiger partial charge in [-0.25, -0.2) is 0 Å². The van der Waals surface area contributed by atoms with Gasteiger partial charge >= 0.3 is 5.97 Å². The number of hydrogen-bond donors (Lipinski definition) is 4. The molecule has 0 unspecified atom stereocenters. The summed E-state index contributed by atoms with van der Waals surface area (Å²) in [5.41, 5.74) is 5.33. The van der Waals surface area contributed by atoms with Crippen LogP contribution in [-0.2, 0) is 19.2 Å². The summed E-state index contributed by atoms with van der Waals surface area (Å²) in [6.45, 7) is 6.37. The Hall–Kier alpha value is -2.16. The lowest BCUT2D eigenvalue weighted by atomic mass is 10.0. The van der Waals surface area contributed by atoms with Crippen LogP contribution in [0.1, 0.15) is 34.1 Å². The van der Waals surface area contributed by atoms with E-state index < -0.39 is 35.9 Å². The second kappa shape index (κ2) is 9.86. The van der Waals surface area contributed by atoms with Crippen molar-refractivity contribution in [2.24, 2.45) is 11.7 Å². The number of nitrogens with one attached hydrogen (secondary N) is 2. The summed E-state index contributed by atoms with van der Waals surface area (Å²) in [6.07, 6.45) is 0.411. The van der Waals surface area contributed by atoms with Crippen molar-refractivity contribution in [3.05, 3.63) is 0 Å². The molecule has 3 atom stereocenters. The molecular weight excluding hydrogens is 316 g/mol. The van der Waals surface area contributed by atoms with Crippen molar-refractivity contribution in [3.8, 4) is 0 Å². The molecule has 0 saturated heterocycles. The third-order valence-electron chi connectivity index (χ3n) is 3.51. The Labute approximate surface area is 141 Å². The molecule has 138 valence electrons. The van der Waals surface area contributed by atoms with Gasteiger partial charge in [0.25, 0.3) is 0 Å². The molecule has 0 heterocycles. The minimum Gasteiger partial charge on any atom is -0.480 e. The van der Waals surface area contributed by atoms with E-state index >= 15 is 0 Å². The number of nitrogens with zero attached hydrogens (tertiary/aromatic N) is 1. The van der Waals surface area contributed by atoms with E-state index in [4.69, 9.17) is 10.8 Å². The first-order valence-corrected chi connectivity index (χ1v) is 7.80. The number of rotatable bonds is 9.